The maximum absolute atomic E-state index is 14.5. The van der Waals surface area contributed by atoms with E-state index < -0.39 is 46.9 Å². The summed E-state index contributed by atoms with van der Waals surface area (Å²) in [5, 5.41) is 17.8. The van der Waals surface area contributed by atoms with Crippen molar-refractivity contribution in [3.8, 4) is 6.07 Å². The molecule has 2 amide bonds. The van der Waals surface area contributed by atoms with Crippen LogP contribution >= 0.6 is 0 Å². The van der Waals surface area contributed by atoms with E-state index in [0.29, 0.717) is 17.2 Å². The molecule has 1 aromatic heterocycles. The lowest BCUT2D eigenvalue weighted by molar-refractivity contribution is -0.118. The number of rotatable bonds is 4. The molecular weight excluding hydrogens is 435 g/mol. The van der Waals surface area contributed by atoms with Crippen LogP contribution in [0.3, 0.4) is 0 Å². The molecule has 7 nitrogen and oxygen atoms in total. The molecule has 0 radical (unpaired) electrons. The molecule has 1 aliphatic rings. The van der Waals surface area contributed by atoms with Crippen LogP contribution in [0.1, 0.15) is 34.1 Å². The van der Waals surface area contributed by atoms with Crippen LogP contribution in [0, 0.1) is 34.7 Å². The number of fused-ring (bicyclic) bond motifs is 1. The average Bonchev–Trinajstić information content (AvgIpc) is 3.08. The highest BCUT2D eigenvalue weighted by atomic mass is 19.1. The fraction of sp³-hybridized carbons (Fsp3) is 0.217. The second kappa shape index (κ2) is 8.78. The van der Waals surface area contributed by atoms with Crippen molar-refractivity contribution in [2.45, 2.75) is 25.9 Å². The summed E-state index contributed by atoms with van der Waals surface area (Å²) in [7, 11) is 0. The first-order valence-corrected chi connectivity index (χ1v) is 10.1. The first-order valence-electron chi connectivity index (χ1n) is 10.1. The molecule has 2 N–H and O–H groups in total. The van der Waals surface area contributed by atoms with Crippen molar-refractivity contribution in [3.05, 3.63) is 82.4 Å². The van der Waals surface area contributed by atoms with Crippen LogP contribution in [0.15, 0.2) is 42.6 Å². The van der Waals surface area contributed by atoms with Gasteiger partial charge in [0.25, 0.3) is 5.91 Å². The van der Waals surface area contributed by atoms with Gasteiger partial charge in [0.2, 0.25) is 5.91 Å². The largest absolute Gasteiger partial charge is 0.338 e. The van der Waals surface area contributed by atoms with E-state index in [1.54, 1.807) is 31.2 Å². The van der Waals surface area contributed by atoms with Crippen LogP contribution in [0.25, 0.3) is 0 Å². The van der Waals surface area contributed by atoms with E-state index in [-0.39, 0.29) is 24.2 Å². The number of hydrogen-bond donors (Lipinski definition) is 2. The van der Waals surface area contributed by atoms with Gasteiger partial charge in [0.05, 0.1) is 30.1 Å². The van der Waals surface area contributed by atoms with E-state index in [0.717, 1.165) is 12.3 Å². The topological polar surface area (TPSA) is 99.8 Å². The smallest absolute Gasteiger partial charge is 0.275 e. The highest BCUT2D eigenvalue weighted by molar-refractivity contribution is 6.01. The molecule has 2 aromatic carbocycles. The molecule has 0 aliphatic carbocycles. The molecule has 0 saturated heterocycles. The van der Waals surface area contributed by atoms with Gasteiger partial charge in [-0.05, 0) is 41.7 Å². The Morgan fingerprint density at radius 1 is 1.27 bits per heavy atom. The van der Waals surface area contributed by atoms with Crippen LogP contribution in [-0.4, -0.2) is 27.6 Å². The van der Waals surface area contributed by atoms with Gasteiger partial charge in [-0.15, -0.1) is 0 Å². The Hall–Kier alpha value is -4.13. The molecule has 2 heterocycles. The number of nitrogens with zero attached hydrogens (tertiary/aromatic N) is 3. The van der Waals surface area contributed by atoms with Crippen LogP contribution in [-0.2, 0) is 17.8 Å². The summed E-state index contributed by atoms with van der Waals surface area (Å²) in [6.45, 7) is 1.76. The van der Waals surface area contributed by atoms with Gasteiger partial charge in [0, 0.05) is 6.07 Å². The van der Waals surface area contributed by atoms with Crippen molar-refractivity contribution in [2.24, 2.45) is 5.92 Å². The number of carbonyl (C=O) groups excluding carboxylic acids is 2. The number of amides is 2. The first kappa shape index (κ1) is 22.1. The average molecular weight is 453 g/mol. The maximum Gasteiger partial charge on any atom is 0.275 e. The Balaban J connectivity index is 1.52. The zero-order valence-electron chi connectivity index (χ0n) is 17.4. The number of carbonyl (C=O) groups is 2. The zero-order chi connectivity index (χ0) is 23.7. The number of nitrogens with one attached hydrogen (secondary N) is 2. The molecule has 0 spiro atoms. The van der Waals surface area contributed by atoms with E-state index in [2.05, 4.69) is 15.7 Å². The van der Waals surface area contributed by atoms with Crippen LogP contribution < -0.4 is 10.6 Å². The van der Waals surface area contributed by atoms with Crippen molar-refractivity contribution in [3.63, 3.8) is 0 Å². The van der Waals surface area contributed by atoms with Gasteiger partial charge < -0.3 is 10.6 Å². The standard InChI is InChI=1S/C23H18F3N5O2/c1-12-5-15-7-16(24)8-17(25)20(15)29-22(32)19(12)28-23(33)21-18(26)11-31(30-21)10-14-4-2-3-13(6-14)9-27/h2-4,6-8,11-12,19H,5,10H2,1H3,(H,28,33)(H,29,32)/t12-,19-/m1/s1. The van der Waals surface area contributed by atoms with E-state index in [4.69, 9.17) is 5.26 Å². The summed E-state index contributed by atoms with van der Waals surface area (Å²) in [6.07, 6.45) is 1.15. The Morgan fingerprint density at radius 2 is 2.06 bits per heavy atom. The maximum atomic E-state index is 14.5. The second-order valence-corrected chi connectivity index (χ2v) is 7.88. The molecule has 3 aromatic rings. The Bertz CT molecular complexity index is 1300. The quantitative estimate of drug-likeness (QED) is 0.634. The minimum atomic E-state index is -1.12. The van der Waals surface area contributed by atoms with Crippen molar-refractivity contribution in [1.29, 1.82) is 5.26 Å². The van der Waals surface area contributed by atoms with Gasteiger partial charge in [0.15, 0.2) is 11.5 Å². The van der Waals surface area contributed by atoms with Crippen molar-refractivity contribution >= 4 is 17.5 Å². The molecule has 4 rings (SSSR count). The van der Waals surface area contributed by atoms with Gasteiger partial charge in [-0.25, -0.2) is 13.2 Å². The molecule has 1 aliphatic heterocycles. The van der Waals surface area contributed by atoms with E-state index in [1.165, 1.54) is 4.68 Å². The lowest BCUT2D eigenvalue weighted by Gasteiger charge is -2.20. The normalized spacial score (nSPS) is 17.5. The molecule has 0 unspecified atom stereocenters. The lowest BCUT2D eigenvalue weighted by Crippen LogP contribution is -2.47. The van der Waals surface area contributed by atoms with E-state index >= 15 is 0 Å². The molecule has 168 valence electrons. The molecule has 0 saturated carbocycles. The van der Waals surface area contributed by atoms with E-state index in [9.17, 15) is 22.8 Å². The van der Waals surface area contributed by atoms with Crippen LogP contribution in [0.5, 0.6) is 0 Å². The van der Waals surface area contributed by atoms with Crippen molar-refractivity contribution in [2.75, 3.05) is 5.32 Å². The fourth-order valence-corrected chi connectivity index (χ4v) is 3.83. The molecule has 2 atom stereocenters. The Labute approximate surface area is 186 Å². The SMILES string of the molecule is C[C@@H]1Cc2cc(F)cc(F)c2NC(=O)[C@@H]1NC(=O)c1nn(Cc2cccc(C#N)c2)cc1F. The van der Waals surface area contributed by atoms with Gasteiger partial charge in [-0.3, -0.25) is 14.3 Å². The van der Waals surface area contributed by atoms with Crippen LogP contribution in [0.2, 0.25) is 0 Å². The summed E-state index contributed by atoms with van der Waals surface area (Å²) in [5.41, 5.74) is 0.738. The molecule has 0 bridgehead atoms. The molecule has 0 fully saturated rings. The minimum absolute atomic E-state index is 0.111. The lowest BCUT2D eigenvalue weighted by atomic mass is 9.94. The second-order valence-electron chi connectivity index (χ2n) is 7.88. The number of hydrogen-bond acceptors (Lipinski definition) is 4. The highest BCUT2D eigenvalue weighted by Crippen LogP contribution is 2.29. The molecule has 33 heavy (non-hydrogen) atoms. The summed E-state index contributed by atoms with van der Waals surface area (Å²) >= 11 is 0. The number of halogens is 3. The predicted molar refractivity (Wildman–Crippen MR) is 112 cm³/mol. The van der Waals surface area contributed by atoms with Gasteiger partial charge in [-0.2, -0.15) is 10.4 Å². The summed E-state index contributed by atoms with van der Waals surface area (Å²) in [6, 6.07) is 9.34. The first-order chi connectivity index (χ1) is 15.7. The van der Waals surface area contributed by atoms with Crippen molar-refractivity contribution < 1.29 is 22.8 Å². The van der Waals surface area contributed by atoms with Crippen molar-refractivity contribution in [1.82, 2.24) is 15.1 Å². The fourth-order valence-electron chi connectivity index (χ4n) is 3.83. The summed E-state index contributed by atoms with van der Waals surface area (Å²) in [5.74, 6) is -4.72. The third-order valence-electron chi connectivity index (χ3n) is 5.40. The third-order valence-corrected chi connectivity index (χ3v) is 5.40. The summed E-state index contributed by atoms with van der Waals surface area (Å²) in [4.78, 5) is 25.4. The third kappa shape index (κ3) is 4.57. The Kier molecular flexibility index (Phi) is 5.87. The minimum Gasteiger partial charge on any atom is -0.338 e. The summed E-state index contributed by atoms with van der Waals surface area (Å²) < 4.78 is 43.4. The number of nitriles is 1. The number of anilines is 1. The van der Waals surface area contributed by atoms with Crippen LogP contribution in [0.4, 0.5) is 18.9 Å². The monoisotopic (exact) mass is 453 g/mol. The number of benzene rings is 2. The van der Waals surface area contributed by atoms with Gasteiger partial charge in [0.1, 0.15) is 17.7 Å². The Morgan fingerprint density at radius 3 is 2.82 bits per heavy atom. The highest BCUT2D eigenvalue weighted by Gasteiger charge is 2.33. The molecule has 10 heteroatoms. The number of aromatic nitrogens is 2. The van der Waals surface area contributed by atoms with E-state index in [1.807, 2.05) is 6.07 Å². The van der Waals surface area contributed by atoms with Gasteiger partial charge in [-0.1, -0.05) is 19.1 Å². The molecular formula is C23H18F3N5O2. The van der Waals surface area contributed by atoms with Gasteiger partial charge >= 0.3 is 0 Å². The predicted octanol–water partition coefficient (Wildman–Crippen LogP) is 3.15. The zero-order valence-corrected chi connectivity index (χ0v) is 17.4.